The Kier molecular flexibility index (Phi) is 28.8. The van der Waals surface area contributed by atoms with Gasteiger partial charge in [0.2, 0.25) is 5.91 Å². The molecule has 1 rings (SSSR count). The average molecular weight is 714 g/mol. The van der Waals surface area contributed by atoms with Crippen molar-refractivity contribution in [2.45, 2.75) is 224 Å². The van der Waals surface area contributed by atoms with Crippen molar-refractivity contribution in [3.63, 3.8) is 0 Å². The van der Waals surface area contributed by atoms with Crippen molar-refractivity contribution < 1.29 is 44.6 Å². The van der Waals surface area contributed by atoms with E-state index in [-0.39, 0.29) is 12.5 Å². The van der Waals surface area contributed by atoms with Gasteiger partial charge in [0, 0.05) is 6.42 Å². The minimum Gasteiger partial charge on any atom is -0.479 e. The molecule has 7 atom stereocenters. The van der Waals surface area contributed by atoms with Crippen molar-refractivity contribution in [1.29, 1.82) is 0 Å². The third-order valence-electron chi connectivity index (χ3n) is 9.83. The van der Waals surface area contributed by atoms with Gasteiger partial charge in [0.1, 0.15) is 18.3 Å². The molecule has 0 spiro atoms. The van der Waals surface area contributed by atoms with Gasteiger partial charge in [-0.25, -0.2) is 4.79 Å². The van der Waals surface area contributed by atoms with Gasteiger partial charge in [0.05, 0.1) is 18.8 Å². The first-order valence-electron chi connectivity index (χ1n) is 20.4. The number of nitrogens with one attached hydrogen (secondary N) is 1. The number of unbranched alkanes of at least 4 members (excludes halogenated alkanes) is 23. The Morgan fingerprint density at radius 2 is 1.10 bits per heavy atom. The van der Waals surface area contributed by atoms with E-state index in [4.69, 9.17) is 9.47 Å². The molecule has 1 heterocycles. The van der Waals surface area contributed by atoms with Crippen LogP contribution >= 0.6 is 0 Å². The molecule has 10 heteroatoms. The molecule has 0 aliphatic carbocycles. The van der Waals surface area contributed by atoms with Crippen LogP contribution in [0.2, 0.25) is 0 Å². The van der Waals surface area contributed by atoms with Crippen LogP contribution in [0.4, 0.5) is 0 Å². The van der Waals surface area contributed by atoms with Crippen molar-refractivity contribution in [1.82, 2.24) is 5.32 Å². The maximum absolute atomic E-state index is 12.9. The summed E-state index contributed by atoms with van der Waals surface area (Å²) in [5.41, 5.74) is 0. The minimum atomic E-state index is -1.83. The van der Waals surface area contributed by atoms with Gasteiger partial charge in [0.15, 0.2) is 12.4 Å². The lowest BCUT2D eigenvalue weighted by atomic mass is 9.99. The number of carbonyl (C=O) groups is 2. The largest absolute Gasteiger partial charge is 0.479 e. The van der Waals surface area contributed by atoms with Crippen molar-refractivity contribution in [2.24, 2.45) is 0 Å². The van der Waals surface area contributed by atoms with Crippen LogP contribution in [-0.4, -0.2) is 86.9 Å². The molecule has 1 fully saturated rings. The predicted molar refractivity (Wildman–Crippen MR) is 199 cm³/mol. The Hall–Kier alpha value is -1.56. The molecule has 10 nitrogen and oxygen atoms in total. The van der Waals surface area contributed by atoms with E-state index in [1.54, 1.807) is 6.08 Å². The number of amides is 1. The Morgan fingerprint density at radius 1 is 0.660 bits per heavy atom. The van der Waals surface area contributed by atoms with Gasteiger partial charge in [-0.2, -0.15) is 0 Å². The second-order valence-corrected chi connectivity index (χ2v) is 14.5. The molecule has 0 unspecified atom stereocenters. The quantitative estimate of drug-likeness (QED) is 0.0299. The Balaban J connectivity index is 2.48. The zero-order valence-electron chi connectivity index (χ0n) is 31.7. The van der Waals surface area contributed by atoms with Crippen LogP contribution in [0.15, 0.2) is 12.2 Å². The van der Waals surface area contributed by atoms with Gasteiger partial charge in [-0.05, 0) is 19.3 Å². The van der Waals surface area contributed by atoms with Gasteiger partial charge in [-0.1, -0.05) is 167 Å². The summed E-state index contributed by atoms with van der Waals surface area (Å²) in [5, 5.41) is 53.6. The number of rotatable bonds is 33. The number of hydrogen-bond acceptors (Lipinski definition) is 8. The molecule has 1 aliphatic heterocycles. The lowest BCUT2D eigenvalue weighted by molar-refractivity contribution is -0.295. The monoisotopic (exact) mass is 714 g/mol. The number of allylic oxidation sites excluding steroid dienone is 1. The fourth-order valence-electron chi connectivity index (χ4n) is 6.49. The number of carboxylic acid groups (broad SMARTS) is 1. The topological polar surface area (TPSA) is 166 Å². The van der Waals surface area contributed by atoms with E-state index in [2.05, 4.69) is 19.2 Å². The van der Waals surface area contributed by atoms with Crippen molar-refractivity contribution in [2.75, 3.05) is 6.61 Å². The summed E-state index contributed by atoms with van der Waals surface area (Å²) in [6, 6.07) is -0.888. The van der Waals surface area contributed by atoms with Gasteiger partial charge >= 0.3 is 5.97 Å². The Morgan fingerprint density at radius 3 is 1.56 bits per heavy atom. The predicted octanol–water partition coefficient (Wildman–Crippen LogP) is 7.48. The van der Waals surface area contributed by atoms with Crippen LogP contribution in [0, 0.1) is 0 Å². The summed E-state index contributed by atoms with van der Waals surface area (Å²) < 4.78 is 10.8. The lowest BCUT2D eigenvalue weighted by Crippen LogP contribution is -2.61. The molecule has 1 aliphatic rings. The SMILES string of the molecule is CCCCCCCCCCCCC/C=C/[C@@H](O)[C@H](CO[C@@H]1O[C@H](C(=O)O)[C@@H](O)[C@H](O)[C@H]1O)NC(=O)CCCCCCCCCCCCCCC. The smallest absolute Gasteiger partial charge is 0.335 e. The van der Waals surface area contributed by atoms with Gasteiger partial charge in [-0.15, -0.1) is 0 Å². The van der Waals surface area contributed by atoms with E-state index in [1.165, 1.54) is 116 Å². The minimum absolute atomic E-state index is 0.233. The second kappa shape index (κ2) is 31.0. The first-order chi connectivity index (χ1) is 24.2. The third-order valence-corrected chi connectivity index (χ3v) is 9.83. The maximum atomic E-state index is 12.9. The highest BCUT2D eigenvalue weighted by atomic mass is 16.7. The number of ether oxygens (including phenoxy) is 2. The number of aliphatic hydroxyl groups is 4. The molecule has 50 heavy (non-hydrogen) atoms. The third kappa shape index (κ3) is 22.4. The van der Waals surface area contributed by atoms with E-state index < -0.39 is 48.8 Å². The summed E-state index contributed by atoms with van der Waals surface area (Å²) >= 11 is 0. The lowest BCUT2D eigenvalue weighted by Gasteiger charge is -2.39. The van der Waals surface area contributed by atoms with Crippen molar-refractivity contribution >= 4 is 11.9 Å². The Bertz CT molecular complexity index is 857. The fourth-order valence-corrected chi connectivity index (χ4v) is 6.49. The molecule has 0 radical (unpaired) electrons. The summed E-state index contributed by atoms with van der Waals surface area (Å²) in [7, 11) is 0. The molecule has 294 valence electrons. The number of hydrogen-bond donors (Lipinski definition) is 6. The van der Waals surface area contributed by atoms with Crippen LogP contribution in [0.25, 0.3) is 0 Å². The average Bonchev–Trinajstić information content (AvgIpc) is 3.10. The van der Waals surface area contributed by atoms with Gasteiger partial charge in [-0.3, -0.25) is 4.79 Å². The fraction of sp³-hybridized carbons (Fsp3) is 0.900. The number of aliphatic carboxylic acids is 1. The molecule has 1 saturated heterocycles. The van der Waals surface area contributed by atoms with Gasteiger partial charge in [0.25, 0.3) is 0 Å². The molecule has 6 N–H and O–H groups in total. The first-order valence-corrected chi connectivity index (χ1v) is 20.4. The molecular formula is C40H75NO9. The highest BCUT2D eigenvalue weighted by Crippen LogP contribution is 2.23. The van der Waals surface area contributed by atoms with Crippen LogP contribution in [0.3, 0.4) is 0 Å². The Labute approximate surface area is 303 Å². The summed E-state index contributed by atoms with van der Waals surface area (Å²) in [5.74, 6) is -1.74. The molecule has 0 aromatic heterocycles. The molecule has 1 amide bonds. The van der Waals surface area contributed by atoms with Crippen LogP contribution in [-0.2, 0) is 19.1 Å². The highest BCUT2D eigenvalue weighted by Gasteiger charge is 2.47. The molecule has 0 aromatic rings. The molecular weight excluding hydrogens is 638 g/mol. The molecule has 0 saturated carbocycles. The second-order valence-electron chi connectivity index (χ2n) is 14.5. The zero-order valence-corrected chi connectivity index (χ0v) is 31.7. The molecule has 0 bridgehead atoms. The van der Waals surface area contributed by atoms with E-state index in [0.717, 1.165) is 44.9 Å². The zero-order chi connectivity index (χ0) is 36.8. The van der Waals surface area contributed by atoms with Crippen molar-refractivity contribution in [3.05, 3.63) is 12.2 Å². The first kappa shape index (κ1) is 46.5. The van der Waals surface area contributed by atoms with Gasteiger partial charge < -0.3 is 40.3 Å². The van der Waals surface area contributed by atoms with E-state index in [0.29, 0.717) is 6.42 Å². The normalized spacial score (nSPS) is 22.2. The van der Waals surface area contributed by atoms with E-state index in [1.807, 2.05) is 6.08 Å². The number of aliphatic hydroxyl groups excluding tert-OH is 4. The number of carboxylic acids is 1. The van der Waals surface area contributed by atoms with Crippen molar-refractivity contribution in [3.8, 4) is 0 Å². The van der Waals surface area contributed by atoms with Crippen LogP contribution in [0.5, 0.6) is 0 Å². The number of carbonyl (C=O) groups excluding carboxylic acids is 1. The maximum Gasteiger partial charge on any atom is 0.335 e. The molecule has 0 aromatic carbocycles. The van der Waals surface area contributed by atoms with E-state index >= 15 is 0 Å². The van der Waals surface area contributed by atoms with Crippen LogP contribution < -0.4 is 5.32 Å². The summed E-state index contributed by atoms with van der Waals surface area (Å²) in [4.78, 5) is 24.4. The van der Waals surface area contributed by atoms with E-state index in [9.17, 15) is 35.1 Å². The highest BCUT2D eigenvalue weighted by molar-refractivity contribution is 5.76. The van der Waals surface area contributed by atoms with Crippen LogP contribution in [0.1, 0.15) is 181 Å². The summed E-state index contributed by atoms with van der Waals surface area (Å²) in [6.07, 6.45) is 24.3. The standard InChI is InChI=1S/C40H75NO9/c1-3-5-7-9-11-13-15-17-19-21-23-25-27-29-33(42)32(31-49-40-37(46)35(44)36(45)38(50-40)39(47)48)41-34(43)30-28-26-24-22-20-18-16-14-12-10-8-6-4-2/h27,29,32-33,35-38,40,42,44-46H,3-26,28,30-31H2,1-2H3,(H,41,43)(H,47,48)/b29-27+/t32-,33+,35-,36-,37+,38-,40+/m0/s1. The summed E-state index contributed by atoms with van der Waals surface area (Å²) in [6.45, 7) is 4.18.